The van der Waals surface area contributed by atoms with E-state index in [2.05, 4.69) is 11.1 Å². The zero-order valence-corrected chi connectivity index (χ0v) is 13.4. The molecule has 0 radical (unpaired) electrons. The summed E-state index contributed by atoms with van der Waals surface area (Å²) in [5.74, 6) is 2.60. The predicted molar refractivity (Wildman–Crippen MR) is 98.5 cm³/mol. The second-order valence-corrected chi connectivity index (χ2v) is 5.76. The van der Waals surface area contributed by atoms with Crippen molar-refractivity contribution < 1.29 is 0 Å². The molecular formula is C22H17NO. The summed E-state index contributed by atoms with van der Waals surface area (Å²) < 4.78 is 0. The number of rotatable bonds is 4. The molecule has 0 saturated carbocycles. The fourth-order valence-corrected chi connectivity index (χ4v) is 2.79. The first-order valence-corrected chi connectivity index (χ1v) is 7.75. The van der Waals surface area contributed by atoms with Gasteiger partial charge >= 0.3 is 0 Å². The molecule has 0 aliphatic rings. The van der Waals surface area contributed by atoms with E-state index in [1.165, 1.54) is 0 Å². The summed E-state index contributed by atoms with van der Waals surface area (Å²) in [6.07, 6.45) is 5.73. The van der Waals surface area contributed by atoms with Crippen LogP contribution in [0.1, 0.15) is 16.7 Å². The minimum atomic E-state index is -1.30. The van der Waals surface area contributed by atoms with Gasteiger partial charge in [-0.2, -0.15) is 0 Å². The summed E-state index contributed by atoms with van der Waals surface area (Å²) in [5.41, 5.74) is 3.39. The fraction of sp³-hybridized carbons (Fsp3) is 0.0909. The largest absolute Gasteiger partial charge is 0.212 e. The third-order valence-electron chi connectivity index (χ3n) is 4.22. The van der Waals surface area contributed by atoms with Gasteiger partial charge in [-0.15, -0.1) is 11.3 Å². The van der Waals surface area contributed by atoms with Gasteiger partial charge in [-0.05, 0) is 34.4 Å². The molecule has 0 spiro atoms. The van der Waals surface area contributed by atoms with E-state index in [4.69, 9.17) is 6.42 Å². The molecule has 24 heavy (non-hydrogen) atoms. The molecule has 3 rings (SSSR count). The average Bonchev–Trinajstić information content (AvgIpc) is 2.66. The molecule has 0 bridgehead atoms. The summed E-state index contributed by atoms with van der Waals surface area (Å²) in [7, 11) is 0. The Kier molecular flexibility index (Phi) is 4.26. The lowest BCUT2D eigenvalue weighted by Crippen LogP contribution is -2.22. The zero-order valence-electron chi connectivity index (χ0n) is 13.4. The number of nitroso groups, excluding NO2 is 1. The van der Waals surface area contributed by atoms with Crippen LogP contribution in [0.3, 0.4) is 0 Å². The molecule has 1 atom stereocenters. The monoisotopic (exact) mass is 311 g/mol. The molecule has 2 heteroatoms. The Balaban J connectivity index is 2.05. The molecule has 0 aliphatic carbocycles. The summed E-state index contributed by atoms with van der Waals surface area (Å²) >= 11 is 0. The highest BCUT2D eigenvalue weighted by Gasteiger charge is 2.33. The first kappa shape index (κ1) is 15.7. The van der Waals surface area contributed by atoms with Crippen molar-refractivity contribution in [3.63, 3.8) is 0 Å². The predicted octanol–water partition coefficient (Wildman–Crippen LogP) is 5.31. The molecule has 0 saturated heterocycles. The van der Waals surface area contributed by atoms with Crippen LogP contribution in [-0.4, -0.2) is 0 Å². The van der Waals surface area contributed by atoms with Gasteiger partial charge in [-0.3, -0.25) is 0 Å². The standard InChI is InChI=1S/C22H17NO/c1-3-22(23-24,20-13-9-17(2)10-14-20)21-15-11-19(12-16-21)18-7-5-4-6-8-18/h1,4-16H,2H3. The van der Waals surface area contributed by atoms with Crippen molar-refractivity contribution in [3.8, 4) is 23.5 Å². The second kappa shape index (κ2) is 6.52. The zero-order chi connectivity index (χ0) is 17.0. The molecule has 116 valence electrons. The number of benzene rings is 3. The van der Waals surface area contributed by atoms with Gasteiger partial charge < -0.3 is 0 Å². The molecule has 0 aromatic heterocycles. The van der Waals surface area contributed by atoms with Crippen molar-refractivity contribution in [2.24, 2.45) is 5.18 Å². The van der Waals surface area contributed by atoms with E-state index in [1.807, 2.05) is 85.8 Å². The van der Waals surface area contributed by atoms with Crippen LogP contribution in [0.25, 0.3) is 11.1 Å². The van der Waals surface area contributed by atoms with E-state index in [0.29, 0.717) is 11.1 Å². The third kappa shape index (κ3) is 2.73. The van der Waals surface area contributed by atoms with Crippen LogP contribution >= 0.6 is 0 Å². The van der Waals surface area contributed by atoms with Crippen molar-refractivity contribution in [1.82, 2.24) is 0 Å². The molecule has 0 fully saturated rings. The molecule has 1 unspecified atom stereocenters. The Bertz CT molecular complexity index is 874. The normalized spacial score (nSPS) is 12.8. The van der Waals surface area contributed by atoms with Crippen LogP contribution in [0, 0.1) is 24.2 Å². The molecule has 0 aliphatic heterocycles. The second-order valence-electron chi connectivity index (χ2n) is 5.76. The maximum absolute atomic E-state index is 11.7. The Hall–Kier alpha value is -3.18. The van der Waals surface area contributed by atoms with Crippen LogP contribution in [0.5, 0.6) is 0 Å². The van der Waals surface area contributed by atoms with Crippen molar-refractivity contribution in [1.29, 1.82) is 0 Å². The topological polar surface area (TPSA) is 29.4 Å². The van der Waals surface area contributed by atoms with E-state index in [9.17, 15) is 4.91 Å². The fourth-order valence-electron chi connectivity index (χ4n) is 2.79. The number of hydrogen-bond donors (Lipinski definition) is 0. The molecule has 3 aromatic rings. The lowest BCUT2D eigenvalue weighted by Gasteiger charge is -2.22. The molecule has 2 nitrogen and oxygen atoms in total. The van der Waals surface area contributed by atoms with Crippen LogP contribution in [0.15, 0.2) is 84.0 Å². The molecule has 3 aromatic carbocycles. The van der Waals surface area contributed by atoms with Crippen molar-refractivity contribution in [2.75, 3.05) is 0 Å². The van der Waals surface area contributed by atoms with Gasteiger partial charge in [0.25, 0.3) is 0 Å². The molecular weight excluding hydrogens is 294 g/mol. The minimum Gasteiger partial charge on any atom is -0.148 e. The van der Waals surface area contributed by atoms with Crippen LogP contribution in [0.2, 0.25) is 0 Å². The van der Waals surface area contributed by atoms with Gasteiger partial charge in [-0.25, -0.2) is 0 Å². The Morgan fingerprint density at radius 1 is 0.792 bits per heavy atom. The highest BCUT2D eigenvalue weighted by Crippen LogP contribution is 2.34. The van der Waals surface area contributed by atoms with Crippen LogP contribution in [0.4, 0.5) is 0 Å². The van der Waals surface area contributed by atoms with Gasteiger partial charge in [0.05, 0.1) is 0 Å². The number of aryl methyl sites for hydroxylation is 1. The van der Waals surface area contributed by atoms with Gasteiger partial charge in [0.15, 0.2) is 0 Å². The summed E-state index contributed by atoms with van der Waals surface area (Å²) in [4.78, 5) is 11.7. The van der Waals surface area contributed by atoms with Crippen molar-refractivity contribution in [3.05, 3.63) is 100 Å². The highest BCUT2D eigenvalue weighted by atomic mass is 16.3. The maximum atomic E-state index is 11.7. The Morgan fingerprint density at radius 3 is 1.79 bits per heavy atom. The van der Waals surface area contributed by atoms with E-state index in [0.717, 1.165) is 16.7 Å². The minimum absolute atomic E-state index is 0.698. The van der Waals surface area contributed by atoms with Crippen molar-refractivity contribution in [2.45, 2.75) is 12.5 Å². The number of terminal acetylenes is 1. The lowest BCUT2D eigenvalue weighted by molar-refractivity contribution is 0.706. The Morgan fingerprint density at radius 2 is 1.29 bits per heavy atom. The SMILES string of the molecule is C#CC(N=O)(c1ccc(C)cc1)c1ccc(-c2ccccc2)cc1. The quantitative estimate of drug-likeness (QED) is 0.474. The van der Waals surface area contributed by atoms with Crippen LogP contribution in [-0.2, 0) is 5.54 Å². The van der Waals surface area contributed by atoms with E-state index in [1.54, 1.807) is 0 Å². The maximum Gasteiger partial charge on any atom is 0.212 e. The average molecular weight is 311 g/mol. The van der Waals surface area contributed by atoms with E-state index >= 15 is 0 Å². The van der Waals surface area contributed by atoms with Gasteiger partial charge in [0.1, 0.15) is 0 Å². The molecule has 0 heterocycles. The van der Waals surface area contributed by atoms with Crippen LogP contribution < -0.4 is 0 Å². The molecule has 0 N–H and O–H groups in total. The van der Waals surface area contributed by atoms with Gasteiger partial charge in [0.2, 0.25) is 5.54 Å². The van der Waals surface area contributed by atoms with E-state index < -0.39 is 5.54 Å². The van der Waals surface area contributed by atoms with Crippen molar-refractivity contribution >= 4 is 0 Å². The van der Waals surface area contributed by atoms with E-state index in [-0.39, 0.29) is 0 Å². The first-order valence-electron chi connectivity index (χ1n) is 7.75. The first-order chi connectivity index (χ1) is 11.7. The summed E-state index contributed by atoms with van der Waals surface area (Å²) in [6.45, 7) is 1.99. The third-order valence-corrected chi connectivity index (χ3v) is 4.22. The number of hydrogen-bond acceptors (Lipinski definition) is 2. The van der Waals surface area contributed by atoms with Gasteiger partial charge in [0, 0.05) is 0 Å². The molecule has 0 amide bonds. The number of nitrogens with zero attached hydrogens (tertiary/aromatic N) is 1. The smallest absolute Gasteiger partial charge is 0.148 e. The summed E-state index contributed by atoms with van der Waals surface area (Å²) in [6, 6.07) is 25.3. The summed E-state index contributed by atoms with van der Waals surface area (Å²) in [5, 5.41) is 3.32. The highest BCUT2D eigenvalue weighted by molar-refractivity contribution is 5.64. The lowest BCUT2D eigenvalue weighted by atomic mass is 9.83. The Labute approximate surface area is 142 Å². The van der Waals surface area contributed by atoms with Gasteiger partial charge in [-0.1, -0.05) is 90.3 Å².